The molecule has 0 atom stereocenters. The van der Waals surface area contributed by atoms with Crippen molar-refractivity contribution < 1.29 is 14.3 Å². The highest BCUT2D eigenvalue weighted by Crippen LogP contribution is 2.17. The summed E-state index contributed by atoms with van der Waals surface area (Å²) in [5.74, 6) is 1.59. The van der Waals surface area contributed by atoms with Gasteiger partial charge in [-0.1, -0.05) is 24.6 Å². The van der Waals surface area contributed by atoms with Crippen LogP contribution < -0.4 is 15.4 Å². The van der Waals surface area contributed by atoms with Crippen LogP contribution in [0.5, 0.6) is 5.75 Å². The number of para-hydroxylation sites is 1. The molecule has 0 aliphatic heterocycles. The van der Waals surface area contributed by atoms with Crippen molar-refractivity contribution in [2.24, 2.45) is 4.99 Å². The molecular weight excluding hydrogens is 445 g/mol. The van der Waals surface area contributed by atoms with Gasteiger partial charge >= 0.3 is 5.97 Å². The molecule has 0 bridgehead atoms. The Morgan fingerprint density at radius 2 is 1.88 bits per heavy atom. The predicted octanol–water partition coefficient (Wildman–Crippen LogP) is 3.14. The Bertz CT molecular complexity index is 539. The second-order valence-corrected chi connectivity index (χ2v) is 5.64. The highest BCUT2D eigenvalue weighted by atomic mass is 127. The minimum atomic E-state index is -0.144. The largest absolute Gasteiger partial charge is 0.496 e. The number of rotatable bonds is 11. The normalized spacial score (nSPS) is 10.7. The number of methoxy groups -OCH3 is 2. The Kier molecular flexibility index (Phi) is 14.8. The molecule has 0 aromatic heterocycles. The summed E-state index contributed by atoms with van der Waals surface area (Å²) in [5.41, 5.74) is 1.18. The molecule has 6 nitrogen and oxygen atoms in total. The van der Waals surface area contributed by atoms with Crippen LogP contribution in [0.1, 0.15) is 38.2 Å². The van der Waals surface area contributed by atoms with Crippen LogP contribution in [-0.2, 0) is 16.0 Å². The summed E-state index contributed by atoms with van der Waals surface area (Å²) in [6.07, 6.45) is 4.13. The van der Waals surface area contributed by atoms with Gasteiger partial charge in [0.15, 0.2) is 5.96 Å². The molecule has 0 fully saturated rings. The molecule has 0 spiro atoms. The Balaban J connectivity index is 0.00000625. The fourth-order valence-corrected chi connectivity index (χ4v) is 2.42. The molecule has 0 radical (unpaired) electrons. The van der Waals surface area contributed by atoms with Gasteiger partial charge in [0.25, 0.3) is 0 Å². The number of hydrogen-bond donors (Lipinski definition) is 2. The van der Waals surface area contributed by atoms with E-state index in [1.54, 1.807) is 7.11 Å². The fraction of sp³-hybridized carbons (Fsp3) is 0.579. The number of nitrogens with one attached hydrogen (secondary N) is 2. The van der Waals surface area contributed by atoms with Gasteiger partial charge in [-0.25, -0.2) is 0 Å². The molecule has 0 saturated heterocycles. The minimum absolute atomic E-state index is 0. The summed E-state index contributed by atoms with van der Waals surface area (Å²) in [4.78, 5) is 15.6. The molecule has 1 aromatic rings. The van der Waals surface area contributed by atoms with Crippen LogP contribution in [0.3, 0.4) is 0 Å². The van der Waals surface area contributed by atoms with Crippen LogP contribution in [0.4, 0.5) is 0 Å². The average Bonchev–Trinajstić information content (AvgIpc) is 2.64. The molecule has 0 heterocycles. The van der Waals surface area contributed by atoms with Gasteiger partial charge in [-0.15, -0.1) is 24.0 Å². The number of ether oxygens (including phenoxy) is 2. The Labute approximate surface area is 174 Å². The smallest absolute Gasteiger partial charge is 0.305 e. The molecule has 2 N–H and O–H groups in total. The van der Waals surface area contributed by atoms with Crippen molar-refractivity contribution in [1.82, 2.24) is 10.6 Å². The second-order valence-electron chi connectivity index (χ2n) is 5.64. The van der Waals surface area contributed by atoms with Crippen molar-refractivity contribution in [3.05, 3.63) is 29.8 Å². The highest BCUT2D eigenvalue weighted by Gasteiger charge is 2.03. The summed E-state index contributed by atoms with van der Waals surface area (Å²) < 4.78 is 10.00. The fourth-order valence-electron chi connectivity index (χ4n) is 2.42. The number of nitrogens with zero attached hydrogens (tertiary/aromatic N) is 1. The lowest BCUT2D eigenvalue weighted by molar-refractivity contribution is -0.140. The molecule has 0 saturated carbocycles. The van der Waals surface area contributed by atoms with E-state index in [1.165, 1.54) is 12.7 Å². The molecule has 26 heavy (non-hydrogen) atoms. The maximum absolute atomic E-state index is 11.0. The van der Waals surface area contributed by atoms with E-state index in [2.05, 4.69) is 26.4 Å². The van der Waals surface area contributed by atoms with Crippen molar-refractivity contribution in [2.45, 2.75) is 39.0 Å². The molecule has 1 rings (SSSR count). The number of esters is 1. The van der Waals surface area contributed by atoms with Crippen molar-refractivity contribution in [3.8, 4) is 5.75 Å². The number of hydrogen-bond acceptors (Lipinski definition) is 4. The zero-order chi connectivity index (χ0) is 18.3. The lowest BCUT2D eigenvalue weighted by atomic mass is 10.1. The van der Waals surface area contributed by atoms with Crippen LogP contribution in [0.2, 0.25) is 0 Å². The Hall–Kier alpha value is -1.51. The Morgan fingerprint density at radius 1 is 1.12 bits per heavy atom. The quantitative estimate of drug-likeness (QED) is 0.169. The molecular formula is C19H32IN3O3. The molecule has 1 aromatic carbocycles. The summed E-state index contributed by atoms with van der Waals surface area (Å²) >= 11 is 0. The predicted molar refractivity (Wildman–Crippen MR) is 117 cm³/mol. The molecule has 0 aliphatic rings. The van der Waals surface area contributed by atoms with Crippen LogP contribution >= 0.6 is 24.0 Å². The maximum Gasteiger partial charge on any atom is 0.305 e. The summed E-state index contributed by atoms with van der Waals surface area (Å²) in [6, 6.07) is 8.04. The van der Waals surface area contributed by atoms with E-state index in [0.717, 1.165) is 57.0 Å². The van der Waals surface area contributed by atoms with E-state index in [4.69, 9.17) is 4.74 Å². The van der Waals surface area contributed by atoms with Crippen molar-refractivity contribution in [2.75, 3.05) is 33.9 Å². The SMILES string of the molecule is CCNC(=NCCCCCC(=O)OC)NCCc1ccccc1OC.I. The van der Waals surface area contributed by atoms with E-state index in [-0.39, 0.29) is 29.9 Å². The topological polar surface area (TPSA) is 72.0 Å². The van der Waals surface area contributed by atoms with Gasteiger partial charge in [-0.2, -0.15) is 0 Å². The third-order valence-corrected chi connectivity index (χ3v) is 3.76. The van der Waals surface area contributed by atoms with Crippen LogP contribution in [0, 0.1) is 0 Å². The summed E-state index contributed by atoms with van der Waals surface area (Å²) in [7, 11) is 3.12. The third-order valence-electron chi connectivity index (χ3n) is 3.76. The third kappa shape index (κ3) is 10.5. The monoisotopic (exact) mass is 477 g/mol. The van der Waals surface area contributed by atoms with Gasteiger partial charge in [-0.3, -0.25) is 9.79 Å². The summed E-state index contributed by atoms with van der Waals surface area (Å²) in [5, 5.41) is 6.60. The summed E-state index contributed by atoms with van der Waals surface area (Å²) in [6.45, 7) is 4.40. The van der Waals surface area contributed by atoms with Gasteiger partial charge < -0.3 is 20.1 Å². The minimum Gasteiger partial charge on any atom is -0.496 e. The number of benzene rings is 1. The lowest BCUT2D eigenvalue weighted by Gasteiger charge is -2.12. The van der Waals surface area contributed by atoms with Crippen molar-refractivity contribution in [3.63, 3.8) is 0 Å². The number of guanidine groups is 1. The first-order valence-corrected chi connectivity index (χ1v) is 8.92. The van der Waals surface area contributed by atoms with Crippen LogP contribution in [0.25, 0.3) is 0 Å². The first-order valence-electron chi connectivity index (χ1n) is 8.92. The Morgan fingerprint density at radius 3 is 2.58 bits per heavy atom. The van der Waals surface area contributed by atoms with E-state index < -0.39 is 0 Å². The molecule has 0 amide bonds. The molecule has 0 aliphatic carbocycles. The number of aliphatic imine (C=N–C) groups is 1. The highest BCUT2D eigenvalue weighted by molar-refractivity contribution is 14.0. The van der Waals surface area contributed by atoms with Crippen molar-refractivity contribution in [1.29, 1.82) is 0 Å². The van der Waals surface area contributed by atoms with Crippen LogP contribution in [0.15, 0.2) is 29.3 Å². The lowest BCUT2D eigenvalue weighted by Crippen LogP contribution is -2.38. The number of carbonyl (C=O) groups is 1. The first kappa shape index (κ1) is 24.5. The maximum atomic E-state index is 11.0. The molecule has 7 heteroatoms. The van der Waals surface area contributed by atoms with Crippen LogP contribution in [-0.4, -0.2) is 45.8 Å². The van der Waals surface area contributed by atoms with E-state index in [1.807, 2.05) is 25.1 Å². The number of unbranched alkanes of at least 4 members (excludes halogenated alkanes) is 2. The van der Waals surface area contributed by atoms with Crippen molar-refractivity contribution >= 4 is 35.9 Å². The zero-order valence-corrected chi connectivity index (χ0v) is 18.4. The first-order chi connectivity index (χ1) is 12.2. The van der Waals surface area contributed by atoms with Gasteiger partial charge in [0.2, 0.25) is 0 Å². The second kappa shape index (κ2) is 15.7. The zero-order valence-electron chi connectivity index (χ0n) is 16.0. The van der Waals surface area contributed by atoms with E-state index in [9.17, 15) is 4.79 Å². The van der Waals surface area contributed by atoms with E-state index in [0.29, 0.717) is 6.42 Å². The number of halogens is 1. The van der Waals surface area contributed by atoms with Gasteiger partial charge in [0.05, 0.1) is 14.2 Å². The van der Waals surface area contributed by atoms with Gasteiger partial charge in [-0.05, 0) is 37.8 Å². The number of carbonyl (C=O) groups excluding carboxylic acids is 1. The van der Waals surface area contributed by atoms with Gasteiger partial charge in [0, 0.05) is 26.1 Å². The van der Waals surface area contributed by atoms with E-state index >= 15 is 0 Å². The van der Waals surface area contributed by atoms with Gasteiger partial charge in [0.1, 0.15) is 5.75 Å². The average molecular weight is 477 g/mol. The molecule has 0 unspecified atom stereocenters. The molecule has 148 valence electrons. The standard InChI is InChI=1S/C19H31N3O3.HI/c1-4-20-19(21-14-9-5-6-12-18(23)25-3)22-15-13-16-10-7-8-11-17(16)24-2;/h7-8,10-11H,4-6,9,12-15H2,1-3H3,(H2,20,21,22);1H.